The Balaban J connectivity index is 2.15. The van der Waals surface area contributed by atoms with Gasteiger partial charge in [-0.2, -0.15) is 0 Å². The van der Waals surface area contributed by atoms with Crippen LogP contribution in [0.15, 0.2) is 88.0 Å². The molecule has 0 aliphatic carbocycles. The normalized spacial score (nSPS) is 13.0. The molecule has 0 fully saturated rings. The minimum Gasteiger partial charge on any atom is -0.465 e. The Hall–Kier alpha value is -3.56. The molecule has 1 heterocycles. The Morgan fingerprint density at radius 3 is 2.31 bits per heavy atom. The van der Waals surface area contributed by atoms with Crippen LogP contribution >= 0.6 is 23.4 Å². The van der Waals surface area contributed by atoms with Crippen LogP contribution in [0.1, 0.15) is 0 Å². The minimum absolute atomic E-state index is 0.0530. The number of hydrogen-bond donors (Lipinski definition) is 0. The van der Waals surface area contributed by atoms with E-state index in [1.165, 1.54) is 55.3 Å². The van der Waals surface area contributed by atoms with Crippen molar-refractivity contribution < 1.29 is 24.0 Å². The van der Waals surface area contributed by atoms with Gasteiger partial charge < -0.3 is 14.4 Å². The molecule has 2 aromatic carbocycles. The van der Waals surface area contributed by atoms with Gasteiger partial charge in [0.25, 0.3) is 5.69 Å². The Labute approximate surface area is 192 Å². The molecule has 0 atom stereocenters. The molecule has 2 aromatic rings. The van der Waals surface area contributed by atoms with Crippen LogP contribution in [0.2, 0.25) is 5.02 Å². The molecule has 0 saturated carbocycles. The van der Waals surface area contributed by atoms with Gasteiger partial charge in [0.05, 0.1) is 30.4 Å². The molecule has 0 amide bonds. The Bertz CT molecular complexity index is 1160. The average Bonchev–Trinajstić information content (AvgIpc) is 3.02. The lowest BCUT2D eigenvalue weighted by Crippen LogP contribution is -2.27. The van der Waals surface area contributed by atoms with Crippen LogP contribution in [-0.4, -0.2) is 31.1 Å². The second-order valence-electron chi connectivity index (χ2n) is 6.31. The molecule has 0 spiro atoms. The van der Waals surface area contributed by atoms with Crippen molar-refractivity contribution in [3.8, 4) is 0 Å². The van der Waals surface area contributed by atoms with Gasteiger partial charge in [-0.3, -0.25) is 10.1 Å². The lowest BCUT2D eigenvalue weighted by Gasteiger charge is -2.23. The topological polar surface area (TPSA) is 99.0 Å². The van der Waals surface area contributed by atoms with Crippen molar-refractivity contribution in [3.63, 3.8) is 0 Å². The summed E-state index contributed by atoms with van der Waals surface area (Å²) in [6.45, 7) is 0. The highest BCUT2D eigenvalue weighted by Crippen LogP contribution is 2.36. The molecule has 1 aliphatic rings. The maximum atomic E-state index is 12.6. The molecule has 164 valence electrons. The molecular formula is C22H17ClN2O6S. The molecule has 1 aliphatic heterocycles. The van der Waals surface area contributed by atoms with Gasteiger partial charge in [-0.1, -0.05) is 29.4 Å². The first-order valence-corrected chi connectivity index (χ1v) is 10.3. The summed E-state index contributed by atoms with van der Waals surface area (Å²) in [5.41, 5.74) is -0.0825. The molecule has 0 radical (unpaired) electrons. The number of benzene rings is 2. The van der Waals surface area contributed by atoms with Crippen molar-refractivity contribution in [2.75, 3.05) is 19.1 Å². The smallest absolute Gasteiger partial charge is 0.355 e. The second kappa shape index (κ2) is 10.2. The van der Waals surface area contributed by atoms with Crippen molar-refractivity contribution in [2.24, 2.45) is 0 Å². The molecule has 3 rings (SSSR count). The molecule has 0 N–H and O–H groups in total. The lowest BCUT2D eigenvalue weighted by atomic mass is 10.1. The largest absolute Gasteiger partial charge is 0.465 e. The van der Waals surface area contributed by atoms with Gasteiger partial charge in [-0.25, -0.2) is 9.59 Å². The number of rotatable bonds is 6. The Kier molecular flexibility index (Phi) is 7.34. The van der Waals surface area contributed by atoms with E-state index in [1.54, 1.807) is 42.5 Å². The number of nitro benzene ring substituents is 1. The van der Waals surface area contributed by atoms with Crippen molar-refractivity contribution in [1.82, 2.24) is 0 Å². The van der Waals surface area contributed by atoms with Gasteiger partial charge in [0.2, 0.25) is 0 Å². The van der Waals surface area contributed by atoms with E-state index in [1.807, 2.05) is 0 Å². The fraction of sp³-hybridized carbons (Fsp3) is 0.0909. The van der Waals surface area contributed by atoms with Gasteiger partial charge in [-0.15, -0.1) is 0 Å². The highest BCUT2D eigenvalue weighted by Gasteiger charge is 2.28. The highest BCUT2D eigenvalue weighted by atomic mass is 35.5. The first-order valence-electron chi connectivity index (χ1n) is 9.12. The van der Waals surface area contributed by atoms with Crippen LogP contribution in [0.25, 0.3) is 0 Å². The second-order valence-corrected chi connectivity index (χ2v) is 7.90. The number of hydrogen-bond acceptors (Lipinski definition) is 8. The standard InChI is InChI=1S/C22H17ClN2O6S/c1-30-21(26)19-5-3-4-10-24(20(19)22(27)31-2)15-11-16(25(28)29)13-18(12-15)32-17-8-6-14(23)7-9-17/h3-13H,1-2H3. The van der Waals surface area contributed by atoms with E-state index in [-0.39, 0.29) is 22.6 Å². The number of carbonyl (C=O) groups excluding carboxylic acids is 2. The average molecular weight is 473 g/mol. The zero-order valence-electron chi connectivity index (χ0n) is 17.0. The minimum atomic E-state index is -0.806. The van der Waals surface area contributed by atoms with Crippen LogP contribution in [0.5, 0.6) is 0 Å². The molecule has 32 heavy (non-hydrogen) atoms. The van der Waals surface area contributed by atoms with Crippen LogP contribution in [-0.2, 0) is 19.1 Å². The van der Waals surface area contributed by atoms with E-state index >= 15 is 0 Å². The number of methoxy groups -OCH3 is 2. The van der Waals surface area contributed by atoms with Crippen molar-refractivity contribution in [3.05, 3.63) is 93.3 Å². The molecule has 0 saturated heterocycles. The summed E-state index contributed by atoms with van der Waals surface area (Å²) in [7, 11) is 2.37. The van der Waals surface area contributed by atoms with Gasteiger partial charge >= 0.3 is 11.9 Å². The quantitative estimate of drug-likeness (QED) is 0.333. The third-order valence-corrected chi connectivity index (χ3v) is 5.53. The fourth-order valence-corrected chi connectivity index (χ4v) is 3.91. The number of ether oxygens (including phenoxy) is 2. The lowest BCUT2D eigenvalue weighted by molar-refractivity contribution is -0.385. The van der Waals surface area contributed by atoms with E-state index < -0.39 is 16.9 Å². The number of halogens is 1. The molecule has 10 heteroatoms. The number of allylic oxidation sites excluding steroid dienone is 2. The van der Waals surface area contributed by atoms with Gasteiger partial charge in [0, 0.05) is 33.1 Å². The molecule has 8 nitrogen and oxygen atoms in total. The number of nitrogens with zero attached hydrogens (tertiary/aromatic N) is 2. The zero-order valence-corrected chi connectivity index (χ0v) is 18.6. The van der Waals surface area contributed by atoms with Gasteiger partial charge in [0.1, 0.15) is 5.70 Å². The summed E-state index contributed by atoms with van der Waals surface area (Å²) < 4.78 is 9.67. The highest BCUT2D eigenvalue weighted by molar-refractivity contribution is 7.99. The summed E-state index contributed by atoms with van der Waals surface area (Å²) in [6, 6.07) is 11.4. The number of non-ortho nitro benzene ring substituents is 1. The van der Waals surface area contributed by atoms with Crippen LogP contribution < -0.4 is 4.90 Å². The summed E-state index contributed by atoms with van der Waals surface area (Å²) in [5.74, 6) is -1.56. The Morgan fingerprint density at radius 2 is 1.69 bits per heavy atom. The third-order valence-electron chi connectivity index (χ3n) is 4.30. The van der Waals surface area contributed by atoms with Crippen molar-refractivity contribution in [2.45, 2.75) is 9.79 Å². The van der Waals surface area contributed by atoms with Crippen LogP contribution in [0, 0.1) is 10.1 Å². The summed E-state index contributed by atoms with van der Waals surface area (Å²) in [4.78, 5) is 38.7. The van der Waals surface area contributed by atoms with Crippen LogP contribution in [0.3, 0.4) is 0 Å². The zero-order chi connectivity index (χ0) is 23.3. The molecule has 0 unspecified atom stereocenters. The monoisotopic (exact) mass is 472 g/mol. The summed E-state index contributed by atoms with van der Waals surface area (Å²) in [6.07, 6.45) is 6.06. The van der Waals surface area contributed by atoms with E-state index in [0.29, 0.717) is 9.92 Å². The predicted octanol–water partition coefficient (Wildman–Crippen LogP) is 4.89. The van der Waals surface area contributed by atoms with E-state index in [0.717, 1.165) is 4.90 Å². The predicted molar refractivity (Wildman–Crippen MR) is 120 cm³/mol. The molecule has 0 aromatic heterocycles. The fourth-order valence-electron chi connectivity index (χ4n) is 2.88. The first kappa shape index (κ1) is 23.1. The van der Waals surface area contributed by atoms with Gasteiger partial charge in [0.15, 0.2) is 0 Å². The van der Waals surface area contributed by atoms with Gasteiger partial charge in [-0.05, 0) is 42.5 Å². The number of esters is 2. The SMILES string of the molecule is COC(=O)C1=C(C(=O)OC)N(c2cc(Sc3ccc(Cl)cc3)cc([N+](=O)[O-])c2)C=CC=C1. The van der Waals surface area contributed by atoms with Crippen molar-refractivity contribution in [1.29, 1.82) is 0 Å². The Morgan fingerprint density at radius 1 is 1.00 bits per heavy atom. The summed E-state index contributed by atoms with van der Waals surface area (Å²) in [5, 5.41) is 12.2. The first-order chi connectivity index (χ1) is 15.3. The number of anilines is 1. The van der Waals surface area contributed by atoms with E-state index in [9.17, 15) is 19.7 Å². The third kappa shape index (κ3) is 5.19. The maximum absolute atomic E-state index is 12.6. The summed E-state index contributed by atoms with van der Waals surface area (Å²) >= 11 is 7.21. The number of carbonyl (C=O) groups is 2. The molecule has 0 bridgehead atoms. The van der Waals surface area contributed by atoms with Crippen LogP contribution in [0.4, 0.5) is 11.4 Å². The van der Waals surface area contributed by atoms with E-state index in [2.05, 4.69) is 0 Å². The van der Waals surface area contributed by atoms with Crippen molar-refractivity contribution >= 4 is 46.7 Å². The van der Waals surface area contributed by atoms with E-state index in [4.69, 9.17) is 21.1 Å². The number of nitro groups is 1. The molecular weight excluding hydrogens is 456 g/mol. The maximum Gasteiger partial charge on any atom is 0.355 e.